The summed E-state index contributed by atoms with van der Waals surface area (Å²) in [6.07, 6.45) is 4.44. The monoisotopic (exact) mass is 361 g/mol. The third-order valence-electron chi connectivity index (χ3n) is 3.85. The van der Waals surface area contributed by atoms with Crippen LogP contribution in [0.2, 0.25) is 0 Å². The molecule has 9 heteroatoms. The molecule has 0 spiro atoms. The van der Waals surface area contributed by atoms with Crippen molar-refractivity contribution in [1.82, 2.24) is 9.62 Å². The third-order valence-corrected chi connectivity index (χ3v) is 6.26. The standard InChI is InChI=1S/C14H23N3O4S2/c15-22(18,19)13-5-7-14(8-6-13)23(20,21)16-9-4-12-17-10-2-1-3-11-17/h5-8,16H,1-4,9-12H2,(H2,15,18,19). The van der Waals surface area contributed by atoms with Crippen molar-refractivity contribution in [3.8, 4) is 0 Å². The largest absolute Gasteiger partial charge is 0.303 e. The molecule has 0 atom stereocenters. The Bertz CT molecular complexity index is 709. The van der Waals surface area contributed by atoms with Crippen LogP contribution in [0.15, 0.2) is 34.1 Å². The molecular formula is C14H23N3O4S2. The number of primary sulfonamides is 1. The summed E-state index contributed by atoms with van der Waals surface area (Å²) < 4.78 is 49.1. The summed E-state index contributed by atoms with van der Waals surface area (Å²) in [7, 11) is -7.45. The van der Waals surface area contributed by atoms with Crippen molar-refractivity contribution in [3.05, 3.63) is 24.3 Å². The molecule has 0 aliphatic carbocycles. The predicted octanol–water partition coefficient (Wildman–Crippen LogP) is 0.488. The number of benzene rings is 1. The fraction of sp³-hybridized carbons (Fsp3) is 0.571. The van der Waals surface area contributed by atoms with Gasteiger partial charge in [-0.05, 0) is 63.2 Å². The van der Waals surface area contributed by atoms with Gasteiger partial charge in [0.1, 0.15) is 0 Å². The molecule has 0 radical (unpaired) electrons. The van der Waals surface area contributed by atoms with E-state index in [4.69, 9.17) is 5.14 Å². The first-order valence-electron chi connectivity index (χ1n) is 7.64. The van der Waals surface area contributed by atoms with E-state index in [1.807, 2.05) is 0 Å². The van der Waals surface area contributed by atoms with Crippen LogP contribution in [0, 0.1) is 0 Å². The Morgan fingerprint density at radius 2 is 1.52 bits per heavy atom. The smallest absolute Gasteiger partial charge is 0.240 e. The van der Waals surface area contributed by atoms with Gasteiger partial charge < -0.3 is 4.90 Å². The van der Waals surface area contributed by atoms with Crippen LogP contribution in [0.25, 0.3) is 0 Å². The van der Waals surface area contributed by atoms with Gasteiger partial charge in [-0.15, -0.1) is 0 Å². The lowest BCUT2D eigenvalue weighted by atomic mass is 10.1. The maximum atomic E-state index is 12.1. The first kappa shape index (κ1) is 18.3. The molecule has 0 amide bonds. The van der Waals surface area contributed by atoms with E-state index in [-0.39, 0.29) is 9.79 Å². The van der Waals surface area contributed by atoms with E-state index >= 15 is 0 Å². The van der Waals surface area contributed by atoms with Crippen LogP contribution in [-0.4, -0.2) is 47.9 Å². The maximum Gasteiger partial charge on any atom is 0.240 e. The number of hydrogen-bond acceptors (Lipinski definition) is 5. The lowest BCUT2D eigenvalue weighted by Crippen LogP contribution is -2.33. The number of likely N-dealkylation sites (tertiary alicyclic amines) is 1. The Labute approximate surface area is 138 Å². The van der Waals surface area contributed by atoms with Crippen molar-refractivity contribution in [2.75, 3.05) is 26.2 Å². The molecule has 1 aromatic carbocycles. The van der Waals surface area contributed by atoms with Gasteiger partial charge in [-0.25, -0.2) is 26.7 Å². The van der Waals surface area contributed by atoms with Gasteiger partial charge in [0.15, 0.2) is 0 Å². The molecule has 0 unspecified atom stereocenters. The minimum Gasteiger partial charge on any atom is -0.303 e. The van der Waals surface area contributed by atoms with Crippen LogP contribution in [0.1, 0.15) is 25.7 Å². The van der Waals surface area contributed by atoms with E-state index in [0.29, 0.717) is 6.54 Å². The highest BCUT2D eigenvalue weighted by Gasteiger charge is 2.16. The van der Waals surface area contributed by atoms with Crippen LogP contribution in [-0.2, 0) is 20.0 Å². The SMILES string of the molecule is NS(=O)(=O)c1ccc(S(=O)(=O)NCCCN2CCCCC2)cc1. The van der Waals surface area contributed by atoms with Gasteiger partial charge in [-0.3, -0.25) is 0 Å². The van der Waals surface area contributed by atoms with E-state index in [9.17, 15) is 16.8 Å². The molecule has 1 fully saturated rings. The number of piperidine rings is 1. The van der Waals surface area contributed by atoms with Crippen LogP contribution in [0.3, 0.4) is 0 Å². The zero-order chi connectivity index (χ0) is 16.9. The molecule has 1 heterocycles. The van der Waals surface area contributed by atoms with Gasteiger partial charge in [-0.2, -0.15) is 0 Å². The number of hydrogen-bond donors (Lipinski definition) is 2. The highest BCUT2D eigenvalue weighted by Crippen LogP contribution is 2.13. The van der Waals surface area contributed by atoms with Gasteiger partial charge in [0.05, 0.1) is 9.79 Å². The van der Waals surface area contributed by atoms with Crippen LogP contribution in [0.5, 0.6) is 0 Å². The molecule has 7 nitrogen and oxygen atoms in total. The van der Waals surface area contributed by atoms with E-state index in [0.717, 1.165) is 26.1 Å². The number of nitrogens with zero attached hydrogens (tertiary/aromatic N) is 1. The molecule has 0 aromatic heterocycles. The number of rotatable bonds is 7. The number of nitrogens with one attached hydrogen (secondary N) is 1. The third kappa shape index (κ3) is 5.54. The lowest BCUT2D eigenvalue weighted by Gasteiger charge is -2.26. The first-order chi connectivity index (χ1) is 10.8. The summed E-state index contributed by atoms with van der Waals surface area (Å²) in [6.45, 7) is 3.41. The molecule has 3 N–H and O–H groups in total. The summed E-state index contributed by atoms with van der Waals surface area (Å²) in [5.41, 5.74) is 0. The van der Waals surface area contributed by atoms with Crippen LogP contribution < -0.4 is 9.86 Å². The Balaban J connectivity index is 1.86. The highest BCUT2D eigenvalue weighted by molar-refractivity contribution is 7.89. The van der Waals surface area contributed by atoms with Gasteiger partial charge in [-0.1, -0.05) is 6.42 Å². The normalized spacial score (nSPS) is 17.3. The summed E-state index contributed by atoms with van der Waals surface area (Å²) in [5, 5.41) is 4.99. The van der Waals surface area contributed by atoms with Crippen molar-refractivity contribution >= 4 is 20.0 Å². The van der Waals surface area contributed by atoms with Gasteiger partial charge in [0.2, 0.25) is 20.0 Å². The molecule has 1 aliphatic rings. The van der Waals surface area contributed by atoms with Crippen molar-refractivity contribution in [1.29, 1.82) is 0 Å². The average Bonchev–Trinajstić information content (AvgIpc) is 2.52. The lowest BCUT2D eigenvalue weighted by molar-refractivity contribution is 0.227. The molecule has 1 aliphatic heterocycles. The topological polar surface area (TPSA) is 110 Å². The highest BCUT2D eigenvalue weighted by atomic mass is 32.2. The Morgan fingerprint density at radius 3 is 2.09 bits per heavy atom. The van der Waals surface area contributed by atoms with Crippen LogP contribution >= 0.6 is 0 Å². The molecule has 23 heavy (non-hydrogen) atoms. The molecule has 1 aromatic rings. The van der Waals surface area contributed by atoms with E-state index in [1.54, 1.807) is 0 Å². The molecule has 130 valence electrons. The average molecular weight is 361 g/mol. The zero-order valence-corrected chi connectivity index (χ0v) is 14.6. The van der Waals surface area contributed by atoms with E-state index < -0.39 is 20.0 Å². The minimum atomic E-state index is -3.82. The van der Waals surface area contributed by atoms with Gasteiger partial charge in [0, 0.05) is 6.54 Å². The fourth-order valence-corrected chi connectivity index (χ4v) is 4.17. The van der Waals surface area contributed by atoms with Crippen molar-refractivity contribution < 1.29 is 16.8 Å². The van der Waals surface area contributed by atoms with Crippen molar-refractivity contribution in [3.63, 3.8) is 0 Å². The molecule has 0 saturated carbocycles. The first-order valence-corrected chi connectivity index (χ1v) is 10.7. The second-order valence-corrected chi connectivity index (χ2v) is 9.00. The second kappa shape index (κ2) is 7.71. The molecule has 2 rings (SSSR count). The van der Waals surface area contributed by atoms with E-state index in [1.165, 1.54) is 43.5 Å². The Hall–Kier alpha value is -1.00. The summed E-state index contributed by atoms with van der Waals surface area (Å²) in [4.78, 5) is 2.27. The predicted molar refractivity (Wildman–Crippen MR) is 87.9 cm³/mol. The van der Waals surface area contributed by atoms with Gasteiger partial charge >= 0.3 is 0 Å². The second-order valence-electron chi connectivity index (χ2n) is 5.67. The summed E-state index contributed by atoms with van der Waals surface area (Å²) >= 11 is 0. The molecular weight excluding hydrogens is 338 g/mol. The zero-order valence-electron chi connectivity index (χ0n) is 12.9. The van der Waals surface area contributed by atoms with Crippen molar-refractivity contribution in [2.24, 2.45) is 5.14 Å². The molecule has 0 bridgehead atoms. The summed E-state index contributed by atoms with van der Waals surface area (Å²) in [6, 6.07) is 4.87. The van der Waals surface area contributed by atoms with Gasteiger partial charge in [0.25, 0.3) is 0 Å². The van der Waals surface area contributed by atoms with E-state index in [2.05, 4.69) is 9.62 Å². The van der Waals surface area contributed by atoms with Crippen molar-refractivity contribution in [2.45, 2.75) is 35.5 Å². The number of sulfonamides is 2. The maximum absolute atomic E-state index is 12.1. The minimum absolute atomic E-state index is 0.0304. The quantitative estimate of drug-likeness (QED) is 0.687. The summed E-state index contributed by atoms with van der Waals surface area (Å²) in [5.74, 6) is 0. The Morgan fingerprint density at radius 1 is 0.957 bits per heavy atom. The fourth-order valence-electron chi connectivity index (χ4n) is 2.58. The number of nitrogens with two attached hydrogens (primary N) is 1. The van der Waals surface area contributed by atoms with Crippen LogP contribution in [0.4, 0.5) is 0 Å². The molecule has 1 saturated heterocycles. The Kier molecular flexibility index (Phi) is 6.15.